The van der Waals surface area contributed by atoms with Crippen LogP contribution in [-0.4, -0.2) is 0 Å². The van der Waals surface area contributed by atoms with Crippen molar-refractivity contribution in [1.82, 2.24) is 0 Å². The first-order valence-electron chi connectivity index (χ1n) is 20.7. The van der Waals surface area contributed by atoms with E-state index >= 15 is 0 Å². The molecular formula is C58H35NO. The summed E-state index contributed by atoms with van der Waals surface area (Å²) < 4.78 is 6.16. The maximum Gasteiger partial charge on any atom is 0.135 e. The lowest BCUT2D eigenvalue weighted by molar-refractivity contribution is 0.669. The number of hydrogen-bond acceptors (Lipinski definition) is 2. The number of para-hydroxylation sites is 1. The summed E-state index contributed by atoms with van der Waals surface area (Å²) in [5.41, 5.74) is 9.82. The molecule has 2 nitrogen and oxygen atoms in total. The zero-order valence-electron chi connectivity index (χ0n) is 32.6. The summed E-state index contributed by atoms with van der Waals surface area (Å²) in [4.78, 5) is 2.42. The first kappa shape index (κ1) is 33.1. The van der Waals surface area contributed by atoms with E-state index in [0.717, 1.165) is 50.1 Å². The Bertz CT molecular complexity index is 3800. The van der Waals surface area contributed by atoms with Gasteiger partial charge in [0.2, 0.25) is 0 Å². The van der Waals surface area contributed by atoms with E-state index in [4.69, 9.17) is 4.42 Å². The molecule has 0 fully saturated rings. The lowest BCUT2D eigenvalue weighted by atomic mass is 9.87. The number of benzene rings is 11. The van der Waals surface area contributed by atoms with E-state index < -0.39 is 0 Å². The molecule has 12 aromatic carbocycles. The highest BCUT2D eigenvalue weighted by molar-refractivity contribution is 6.37. The number of rotatable bonds is 5. The van der Waals surface area contributed by atoms with Crippen molar-refractivity contribution >= 4 is 104 Å². The van der Waals surface area contributed by atoms with Gasteiger partial charge in [-0.15, -0.1) is 0 Å². The monoisotopic (exact) mass is 761 g/mol. The van der Waals surface area contributed by atoms with E-state index in [2.05, 4.69) is 205 Å². The average molecular weight is 762 g/mol. The molecule has 0 saturated heterocycles. The van der Waals surface area contributed by atoms with Crippen molar-refractivity contribution in [3.05, 3.63) is 212 Å². The molecule has 0 amide bonds. The normalized spacial score (nSPS) is 12.0. The number of hydrogen-bond donors (Lipinski definition) is 0. The van der Waals surface area contributed by atoms with E-state index in [9.17, 15) is 0 Å². The summed E-state index contributed by atoms with van der Waals surface area (Å²) >= 11 is 0. The van der Waals surface area contributed by atoms with Crippen molar-refractivity contribution < 1.29 is 4.42 Å². The minimum Gasteiger partial charge on any atom is -0.456 e. The molecule has 60 heavy (non-hydrogen) atoms. The Labute approximate surface area is 346 Å². The van der Waals surface area contributed by atoms with Crippen molar-refractivity contribution in [1.29, 1.82) is 0 Å². The summed E-state index contributed by atoms with van der Waals surface area (Å²) in [6.45, 7) is 0. The standard InChI is InChI=1S/C58H35NO/c1-2-9-36(10-3-1)37-23-28-44(29-24-37)59(45-30-25-38(26-31-45)42-27-32-54-51(34-42)47-14-4-5-18-53(47)60-54)46-33-43-22-21-41-12-7-16-49-48-15-6-11-39-19-20-40-13-8-17-50(57(40)55(39)48)52(35-46)58(43)56(41)49/h1-35H. The molecule has 1 heterocycles. The summed E-state index contributed by atoms with van der Waals surface area (Å²) in [7, 11) is 0. The predicted octanol–water partition coefficient (Wildman–Crippen LogP) is 16.7. The fraction of sp³-hybridized carbons (Fsp3) is 0. The zero-order valence-corrected chi connectivity index (χ0v) is 32.6. The third-order valence-corrected chi connectivity index (χ3v) is 12.7. The molecule has 0 aliphatic carbocycles. The van der Waals surface area contributed by atoms with Crippen LogP contribution in [-0.2, 0) is 0 Å². The molecule has 13 rings (SSSR count). The molecule has 0 spiro atoms. The van der Waals surface area contributed by atoms with Gasteiger partial charge in [-0.3, -0.25) is 0 Å². The molecule has 0 saturated carbocycles. The van der Waals surface area contributed by atoms with Crippen molar-refractivity contribution in [3.8, 4) is 22.3 Å². The van der Waals surface area contributed by atoms with Crippen LogP contribution in [0.1, 0.15) is 0 Å². The Morgan fingerprint density at radius 3 is 1.35 bits per heavy atom. The highest BCUT2D eigenvalue weighted by Gasteiger charge is 2.20. The lowest BCUT2D eigenvalue weighted by Crippen LogP contribution is -2.10. The summed E-state index contributed by atoms with van der Waals surface area (Å²) in [6, 6.07) is 77.9. The van der Waals surface area contributed by atoms with Gasteiger partial charge in [-0.25, -0.2) is 0 Å². The maximum atomic E-state index is 6.16. The smallest absolute Gasteiger partial charge is 0.135 e. The van der Waals surface area contributed by atoms with Crippen LogP contribution in [0.15, 0.2) is 217 Å². The van der Waals surface area contributed by atoms with Crippen LogP contribution < -0.4 is 4.90 Å². The quantitative estimate of drug-likeness (QED) is 0.162. The average Bonchev–Trinajstić information content (AvgIpc) is 3.69. The molecule has 0 unspecified atom stereocenters. The zero-order chi connectivity index (χ0) is 39.3. The number of nitrogens with zero attached hydrogens (tertiary/aromatic N) is 1. The van der Waals surface area contributed by atoms with E-state index in [1.807, 2.05) is 12.1 Å². The fourth-order valence-electron chi connectivity index (χ4n) is 9.99. The lowest BCUT2D eigenvalue weighted by Gasteiger charge is -2.27. The van der Waals surface area contributed by atoms with Gasteiger partial charge >= 0.3 is 0 Å². The molecule has 0 bridgehead atoms. The molecule has 0 N–H and O–H groups in total. The van der Waals surface area contributed by atoms with E-state index in [-0.39, 0.29) is 0 Å². The Morgan fingerprint density at radius 2 is 0.717 bits per heavy atom. The third-order valence-electron chi connectivity index (χ3n) is 12.7. The highest BCUT2D eigenvalue weighted by atomic mass is 16.3. The van der Waals surface area contributed by atoms with Gasteiger partial charge in [-0.05, 0) is 141 Å². The van der Waals surface area contributed by atoms with Crippen molar-refractivity contribution in [2.45, 2.75) is 0 Å². The summed E-state index contributed by atoms with van der Waals surface area (Å²) in [5, 5.41) is 17.6. The number of anilines is 3. The van der Waals surface area contributed by atoms with Crippen molar-refractivity contribution in [3.63, 3.8) is 0 Å². The molecular weight excluding hydrogens is 727 g/mol. The van der Waals surface area contributed by atoms with Gasteiger partial charge in [0.15, 0.2) is 0 Å². The van der Waals surface area contributed by atoms with Crippen LogP contribution in [0.5, 0.6) is 0 Å². The number of fused-ring (bicyclic) bond motifs is 5. The largest absolute Gasteiger partial charge is 0.456 e. The third kappa shape index (κ3) is 4.95. The van der Waals surface area contributed by atoms with E-state index in [1.165, 1.54) is 75.8 Å². The second kappa shape index (κ2) is 12.8. The van der Waals surface area contributed by atoms with E-state index in [1.54, 1.807) is 0 Å². The SMILES string of the molecule is c1ccc(-c2ccc(N(c3ccc(-c4ccc5oc6ccccc6c5c4)cc3)c3cc4ccc5cccc6c7cccc8ccc9cccc(c(c3)c4c56)c9c87)cc2)cc1. The van der Waals surface area contributed by atoms with Gasteiger partial charge < -0.3 is 9.32 Å². The second-order valence-corrected chi connectivity index (χ2v) is 16.0. The molecule has 0 aliphatic rings. The Morgan fingerprint density at radius 1 is 0.250 bits per heavy atom. The second-order valence-electron chi connectivity index (χ2n) is 16.0. The van der Waals surface area contributed by atoms with Crippen molar-refractivity contribution in [2.75, 3.05) is 4.90 Å². The minimum absolute atomic E-state index is 0.906. The van der Waals surface area contributed by atoms with Gasteiger partial charge in [0.05, 0.1) is 0 Å². The topological polar surface area (TPSA) is 16.4 Å². The molecule has 0 radical (unpaired) electrons. The maximum absolute atomic E-state index is 6.16. The highest BCUT2D eigenvalue weighted by Crippen LogP contribution is 2.46. The predicted molar refractivity (Wildman–Crippen MR) is 255 cm³/mol. The molecule has 13 aromatic rings. The Kier molecular flexibility index (Phi) is 7.05. The van der Waals surface area contributed by atoms with Crippen LogP contribution in [0.25, 0.3) is 109 Å². The van der Waals surface area contributed by atoms with Gasteiger partial charge in [-0.1, -0.05) is 158 Å². The Hall–Kier alpha value is -7.94. The van der Waals surface area contributed by atoms with Gasteiger partial charge in [0, 0.05) is 27.8 Å². The Balaban J connectivity index is 1.07. The minimum atomic E-state index is 0.906. The fourth-order valence-corrected chi connectivity index (χ4v) is 9.99. The van der Waals surface area contributed by atoms with Crippen LogP contribution in [0.4, 0.5) is 17.1 Å². The number of furan rings is 1. The molecule has 278 valence electrons. The molecule has 2 heteroatoms. The molecule has 1 aromatic heterocycles. The first-order chi connectivity index (χ1) is 29.7. The van der Waals surface area contributed by atoms with Crippen LogP contribution >= 0.6 is 0 Å². The summed E-state index contributed by atoms with van der Waals surface area (Å²) in [6.07, 6.45) is 0. The van der Waals surface area contributed by atoms with Gasteiger partial charge in [-0.2, -0.15) is 0 Å². The van der Waals surface area contributed by atoms with Crippen LogP contribution in [0.3, 0.4) is 0 Å². The van der Waals surface area contributed by atoms with Crippen LogP contribution in [0.2, 0.25) is 0 Å². The molecule has 0 atom stereocenters. The molecule has 0 aliphatic heterocycles. The first-order valence-corrected chi connectivity index (χ1v) is 20.7. The van der Waals surface area contributed by atoms with Gasteiger partial charge in [0.1, 0.15) is 11.2 Å². The van der Waals surface area contributed by atoms with E-state index in [0.29, 0.717) is 0 Å². The summed E-state index contributed by atoms with van der Waals surface area (Å²) in [5.74, 6) is 0. The van der Waals surface area contributed by atoms with Gasteiger partial charge in [0.25, 0.3) is 0 Å². The van der Waals surface area contributed by atoms with Crippen molar-refractivity contribution in [2.24, 2.45) is 0 Å². The van der Waals surface area contributed by atoms with Crippen LogP contribution in [0, 0.1) is 0 Å².